The molecule has 2 unspecified atom stereocenters. The average Bonchev–Trinajstić information content (AvgIpc) is 2.58. The smallest absolute Gasteiger partial charge is 0.251 e. The van der Waals surface area contributed by atoms with E-state index in [4.69, 9.17) is 0 Å². The molecule has 1 saturated carbocycles. The Kier molecular flexibility index (Phi) is 4.46. The summed E-state index contributed by atoms with van der Waals surface area (Å²) in [5, 5.41) is 12.6. The number of aromatic hydroxyl groups is 1. The van der Waals surface area contributed by atoms with Gasteiger partial charge in [-0.05, 0) is 55.9 Å². The summed E-state index contributed by atoms with van der Waals surface area (Å²) in [5.41, 5.74) is 1.37. The number of carbonyl (C=O) groups is 1. The second kappa shape index (κ2) is 6.09. The molecule has 0 aromatic heterocycles. The fraction of sp³-hybridized carbons (Fsp3) is 0.562. The van der Waals surface area contributed by atoms with Crippen LogP contribution in [0.4, 0.5) is 0 Å². The van der Waals surface area contributed by atoms with Crippen LogP contribution in [-0.4, -0.2) is 17.1 Å². The zero-order chi connectivity index (χ0) is 13.8. The zero-order valence-corrected chi connectivity index (χ0v) is 11.8. The molecule has 1 aliphatic carbocycles. The van der Waals surface area contributed by atoms with Gasteiger partial charge in [0.05, 0.1) is 0 Å². The van der Waals surface area contributed by atoms with E-state index >= 15 is 0 Å². The normalized spacial score (nSPS) is 23.7. The van der Waals surface area contributed by atoms with Crippen molar-refractivity contribution in [1.29, 1.82) is 0 Å². The first-order valence-electron chi connectivity index (χ1n) is 7.16. The molecular formula is C16H23NO2. The minimum absolute atomic E-state index is 0.0253. The predicted molar refractivity (Wildman–Crippen MR) is 76.3 cm³/mol. The Morgan fingerprint density at radius 1 is 1.26 bits per heavy atom. The third kappa shape index (κ3) is 3.72. The number of aryl methyl sites for hydroxylation is 1. The van der Waals surface area contributed by atoms with Gasteiger partial charge in [0.2, 0.25) is 0 Å². The van der Waals surface area contributed by atoms with E-state index < -0.39 is 0 Å². The number of hydrogen-bond donors (Lipinski definition) is 2. The molecule has 3 heteroatoms. The molecule has 0 saturated heterocycles. The highest BCUT2D eigenvalue weighted by atomic mass is 16.3. The standard InChI is InChI=1S/C16H23NO2/c1-11-4-3-5-14(8-6-11)17-16(19)13-7-9-15(18)12(2)10-13/h7,9-11,14,18H,3-6,8H2,1-2H3,(H,17,19). The summed E-state index contributed by atoms with van der Waals surface area (Å²) in [4.78, 5) is 12.2. The Morgan fingerprint density at radius 3 is 2.79 bits per heavy atom. The first-order chi connectivity index (χ1) is 9.06. The molecule has 1 fully saturated rings. The number of rotatable bonds is 2. The van der Waals surface area contributed by atoms with Crippen molar-refractivity contribution in [3.05, 3.63) is 29.3 Å². The molecule has 0 radical (unpaired) electrons. The highest BCUT2D eigenvalue weighted by molar-refractivity contribution is 5.94. The van der Waals surface area contributed by atoms with Crippen LogP contribution in [0, 0.1) is 12.8 Å². The molecule has 1 aromatic carbocycles. The van der Waals surface area contributed by atoms with E-state index in [1.807, 2.05) is 0 Å². The van der Waals surface area contributed by atoms with Crippen molar-refractivity contribution in [2.24, 2.45) is 5.92 Å². The minimum Gasteiger partial charge on any atom is -0.508 e. The van der Waals surface area contributed by atoms with Crippen LogP contribution in [0.3, 0.4) is 0 Å². The summed E-state index contributed by atoms with van der Waals surface area (Å²) in [6, 6.07) is 5.30. The summed E-state index contributed by atoms with van der Waals surface area (Å²) in [6.07, 6.45) is 5.81. The van der Waals surface area contributed by atoms with E-state index in [0.717, 1.165) is 24.3 Å². The zero-order valence-electron chi connectivity index (χ0n) is 11.8. The number of phenols is 1. The van der Waals surface area contributed by atoms with Gasteiger partial charge in [-0.3, -0.25) is 4.79 Å². The van der Waals surface area contributed by atoms with Gasteiger partial charge in [-0.2, -0.15) is 0 Å². The molecule has 3 nitrogen and oxygen atoms in total. The van der Waals surface area contributed by atoms with Crippen LogP contribution in [0.1, 0.15) is 54.9 Å². The van der Waals surface area contributed by atoms with Crippen LogP contribution < -0.4 is 5.32 Å². The Labute approximate surface area is 115 Å². The third-order valence-electron chi connectivity index (χ3n) is 4.05. The SMILES string of the molecule is Cc1cc(C(=O)NC2CCCC(C)CC2)ccc1O. The Bertz CT molecular complexity index is 456. The van der Waals surface area contributed by atoms with E-state index in [1.54, 1.807) is 25.1 Å². The van der Waals surface area contributed by atoms with Crippen molar-refractivity contribution in [2.75, 3.05) is 0 Å². The van der Waals surface area contributed by atoms with Gasteiger partial charge in [-0.25, -0.2) is 0 Å². The number of amides is 1. The van der Waals surface area contributed by atoms with Crippen molar-refractivity contribution in [3.8, 4) is 5.75 Å². The number of nitrogens with one attached hydrogen (secondary N) is 1. The Hall–Kier alpha value is -1.51. The summed E-state index contributed by atoms with van der Waals surface area (Å²) >= 11 is 0. The lowest BCUT2D eigenvalue weighted by Crippen LogP contribution is -2.34. The highest BCUT2D eigenvalue weighted by Crippen LogP contribution is 2.23. The van der Waals surface area contributed by atoms with Crippen LogP contribution in [0.5, 0.6) is 5.75 Å². The lowest BCUT2D eigenvalue weighted by molar-refractivity contribution is 0.0933. The van der Waals surface area contributed by atoms with Crippen LogP contribution in [0.15, 0.2) is 18.2 Å². The summed E-state index contributed by atoms with van der Waals surface area (Å²) in [7, 11) is 0. The lowest BCUT2D eigenvalue weighted by atomic mass is 10.0. The van der Waals surface area contributed by atoms with Crippen molar-refractivity contribution >= 4 is 5.91 Å². The van der Waals surface area contributed by atoms with Crippen LogP contribution in [-0.2, 0) is 0 Å². The van der Waals surface area contributed by atoms with Gasteiger partial charge in [0.25, 0.3) is 5.91 Å². The number of phenolic OH excluding ortho intramolecular Hbond substituents is 1. The average molecular weight is 261 g/mol. The van der Waals surface area contributed by atoms with Crippen LogP contribution in [0.2, 0.25) is 0 Å². The molecule has 2 rings (SSSR count). The molecule has 1 aromatic rings. The van der Waals surface area contributed by atoms with Crippen LogP contribution >= 0.6 is 0 Å². The van der Waals surface area contributed by atoms with E-state index in [-0.39, 0.29) is 11.7 Å². The maximum atomic E-state index is 12.2. The molecule has 2 atom stereocenters. The molecule has 0 bridgehead atoms. The van der Waals surface area contributed by atoms with Crippen LogP contribution in [0.25, 0.3) is 0 Å². The number of benzene rings is 1. The first-order valence-corrected chi connectivity index (χ1v) is 7.16. The maximum absolute atomic E-state index is 12.2. The minimum atomic E-state index is -0.0253. The van der Waals surface area contributed by atoms with Gasteiger partial charge in [0, 0.05) is 11.6 Å². The first kappa shape index (κ1) is 13.9. The quantitative estimate of drug-likeness (QED) is 0.802. The van der Waals surface area contributed by atoms with Crippen molar-refractivity contribution in [1.82, 2.24) is 5.32 Å². The fourth-order valence-electron chi connectivity index (χ4n) is 2.70. The summed E-state index contributed by atoms with van der Waals surface area (Å²) in [6.45, 7) is 4.09. The second-order valence-electron chi connectivity index (χ2n) is 5.79. The molecular weight excluding hydrogens is 238 g/mol. The highest BCUT2D eigenvalue weighted by Gasteiger charge is 2.18. The second-order valence-corrected chi connectivity index (χ2v) is 5.79. The third-order valence-corrected chi connectivity index (χ3v) is 4.05. The largest absolute Gasteiger partial charge is 0.508 e. The molecule has 1 amide bonds. The van der Waals surface area contributed by atoms with Gasteiger partial charge in [0.15, 0.2) is 0 Å². The van der Waals surface area contributed by atoms with E-state index in [0.29, 0.717) is 11.6 Å². The van der Waals surface area contributed by atoms with Crippen molar-refractivity contribution < 1.29 is 9.90 Å². The molecule has 19 heavy (non-hydrogen) atoms. The molecule has 0 aliphatic heterocycles. The van der Waals surface area contributed by atoms with E-state index in [2.05, 4.69) is 12.2 Å². The van der Waals surface area contributed by atoms with E-state index in [1.165, 1.54) is 19.3 Å². The monoisotopic (exact) mass is 261 g/mol. The number of hydrogen-bond acceptors (Lipinski definition) is 2. The summed E-state index contributed by atoms with van der Waals surface area (Å²) in [5.74, 6) is 0.986. The van der Waals surface area contributed by atoms with Gasteiger partial charge < -0.3 is 10.4 Å². The molecule has 104 valence electrons. The number of carbonyl (C=O) groups excluding carboxylic acids is 1. The topological polar surface area (TPSA) is 49.3 Å². The summed E-state index contributed by atoms with van der Waals surface area (Å²) < 4.78 is 0. The van der Waals surface area contributed by atoms with Gasteiger partial charge >= 0.3 is 0 Å². The molecule has 1 aliphatic rings. The molecule has 0 heterocycles. The Balaban J connectivity index is 1.98. The molecule has 2 N–H and O–H groups in total. The predicted octanol–water partition coefficient (Wildman–Crippen LogP) is 3.40. The van der Waals surface area contributed by atoms with Crippen molar-refractivity contribution in [2.45, 2.75) is 52.0 Å². The van der Waals surface area contributed by atoms with Gasteiger partial charge in [-0.1, -0.05) is 19.8 Å². The van der Waals surface area contributed by atoms with Crippen molar-refractivity contribution in [3.63, 3.8) is 0 Å². The Morgan fingerprint density at radius 2 is 2.05 bits per heavy atom. The maximum Gasteiger partial charge on any atom is 0.251 e. The molecule has 0 spiro atoms. The van der Waals surface area contributed by atoms with Gasteiger partial charge in [0.1, 0.15) is 5.75 Å². The van der Waals surface area contributed by atoms with Gasteiger partial charge in [-0.15, -0.1) is 0 Å². The lowest BCUT2D eigenvalue weighted by Gasteiger charge is -2.16. The van der Waals surface area contributed by atoms with E-state index in [9.17, 15) is 9.90 Å². The fourth-order valence-corrected chi connectivity index (χ4v) is 2.70.